The summed E-state index contributed by atoms with van der Waals surface area (Å²) in [5.41, 5.74) is 0.274. The molecule has 152 valence electrons. The summed E-state index contributed by atoms with van der Waals surface area (Å²) >= 11 is 5.13. The maximum atomic E-state index is 12.7. The zero-order valence-electron chi connectivity index (χ0n) is 16.0. The van der Waals surface area contributed by atoms with E-state index in [-0.39, 0.29) is 46.4 Å². The van der Waals surface area contributed by atoms with Crippen molar-refractivity contribution in [1.82, 2.24) is 14.1 Å². The van der Waals surface area contributed by atoms with E-state index in [1.807, 2.05) is 0 Å². The maximum absolute atomic E-state index is 12.7. The lowest BCUT2D eigenvalue weighted by molar-refractivity contribution is -0.384. The number of aromatic nitrogens is 2. The van der Waals surface area contributed by atoms with Gasteiger partial charge in [0.1, 0.15) is 5.56 Å². The third-order valence-corrected chi connectivity index (χ3v) is 5.43. The molecular weight excluding hydrogens is 398 g/mol. The highest BCUT2D eigenvalue weighted by molar-refractivity contribution is 7.71. The van der Waals surface area contributed by atoms with Crippen LogP contribution in [0.25, 0.3) is 0 Å². The normalized spacial score (nSPS) is 16.0. The van der Waals surface area contributed by atoms with Gasteiger partial charge in [0.25, 0.3) is 11.2 Å². The first-order valence-electron chi connectivity index (χ1n) is 8.80. The molecule has 1 unspecified atom stereocenters. The van der Waals surface area contributed by atoms with Gasteiger partial charge in [-0.05, 0) is 17.8 Å². The number of rotatable bonds is 4. The highest BCUT2D eigenvalue weighted by Crippen LogP contribution is 2.34. The number of amides is 1. The van der Waals surface area contributed by atoms with Crippen molar-refractivity contribution in [2.75, 3.05) is 0 Å². The Bertz CT molecular complexity index is 1150. The number of non-ortho nitro benzene ring substituents is 1. The number of aromatic hydroxyl groups is 1. The Morgan fingerprint density at radius 1 is 1.31 bits per heavy atom. The van der Waals surface area contributed by atoms with Crippen LogP contribution in [0, 0.1) is 14.9 Å². The van der Waals surface area contributed by atoms with Gasteiger partial charge in [-0.15, -0.1) is 0 Å². The van der Waals surface area contributed by atoms with Crippen molar-refractivity contribution >= 4 is 29.5 Å². The van der Waals surface area contributed by atoms with Crippen molar-refractivity contribution in [3.05, 3.63) is 60.6 Å². The van der Waals surface area contributed by atoms with Crippen molar-refractivity contribution in [1.29, 1.82) is 0 Å². The second-order valence-electron chi connectivity index (χ2n) is 6.61. The molecular formula is C18H19N5O5S. The number of nitrogens with zero attached hydrogens (tertiary/aromatic N) is 5. The minimum absolute atomic E-state index is 0.0260. The molecule has 1 N–H and O–H groups in total. The average Bonchev–Trinajstić information content (AvgIpc) is 3.15. The van der Waals surface area contributed by atoms with E-state index in [1.54, 1.807) is 19.1 Å². The molecule has 11 heteroatoms. The van der Waals surface area contributed by atoms with Gasteiger partial charge in [-0.3, -0.25) is 28.8 Å². The number of nitro benzene ring substituents is 1. The van der Waals surface area contributed by atoms with E-state index in [9.17, 15) is 24.8 Å². The molecule has 0 saturated heterocycles. The fourth-order valence-electron chi connectivity index (χ4n) is 3.22. The zero-order chi connectivity index (χ0) is 21.5. The van der Waals surface area contributed by atoms with Crippen molar-refractivity contribution in [2.24, 2.45) is 19.2 Å². The Kier molecular flexibility index (Phi) is 5.33. The fourth-order valence-corrected chi connectivity index (χ4v) is 3.39. The van der Waals surface area contributed by atoms with Crippen molar-refractivity contribution in [3.63, 3.8) is 0 Å². The maximum Gasteiger partial charge on any atom is 0.269 e. The number of hydrogen-bond donors (Lipinski definition) is 1. The van der Waals surface area contributed by atoms with Gasteiger partial charge in [0.2, 0.25) is 11.8 Å². The molecule has 2 aromatic rings. The summed E-state index contributed by atoms with van der Waals surface area (Å²) in [6, 6.07) is 5.27. The Hall–Kier alpha value is -3.34. The van der Waals surface area contributed by atoms with Crippen molar-refractivity contribution in [2.45, 2.75) is 25.8 Å². The molecule has 0 saturated carbocycles. The van der Waals surface area contributed by atoms with Gasteiger partial charge in [0.15, 0.2) is 4.77 Å². The lowest BCUT2D eigenvalue weighted by atomic mass is 9.99. The highest BCUT2D eigenvalue weighted by Gasteiger charge is 2.35. The monoisotopic (exact) mass is 417 g/mol. The molecule has 10 nitrogen and oxygen atoms in total. The van der Waals surface area contributed by atoms with Crippen LogP contribution in [0.3, 0.4) is 0 Å². The highest BCUT2D eigenvalue weighted by atomic mass is 32.1. The first kappa shape index (κ1) is 20.4. The molecule has 3 rings (SSSR count). The largest absolute Gasteiger partial charge is 0.494 e. The molecule has 0 radical (unpaired) electrons. The van der Waals surface area contributed by atoms with Crippen molar-refractivity contribution < 1.29 is 14.8 Å². The molecule has 1 aromatic heterocycles. The number of hydrogen-bond acceptors (Lipinski definition) is 7. The SMILES string of the molecule is CCC(=O)N1N=C(c2c(O)n(C)c(=S)n(C)c2=O)CC1c1ccc([N+](=O)[O-])cc1. The quantitative estimate of drug-likeness (QED) is 0.462. The van der Waals surface area contributed by atoms with Crippen LogP contribution in [0.5, 0.6) is 5.88 Å². The van der Waals surface area contributed by atoms with Crippen LogP contribution in [0.1, 0.15) is 36.9 Å². The average molecular weight is 417 g/mol. The Morgan fingerprint density at radius 2 is 1.93 bits per heavy atom. The summed E-state index contributed by atoms with van der Waals surface area (Å²) in [4.78, 5) is 35.6. The summed E-state index contributed by atoms with van der Waals surface area (Å²) in [6.07, 6.45) is 0.353. The molecule has 29 heavy (non-hydrogen) atoms. The van der Waals surface area contributed by atoms with Gasteiger partial charge in [-0.1, -0.05) is 19.1 Å². The lowest BCUT2D eigenvalue weighted by Gasteiger charge is -2.21. The van der Waals surface area contributed by atoms with E-state index < -0.39 is 16.5 Å². The van der Waals surface area contributed by atoms with Crippen molar-refractivity contribution in [3.8, 4) is 5.88 Å². The molecule has 0 aliphatic carbocycles. The summed E-state index contributed by atoms with van der Waals surface area (Å²) in [5.74, 6) is -0.603. The minimum atomic E-state index is -0.546. The number of carbonyl (C=O) groups excluding carboxylic acids is 1. The van der Waals surface area contributed by atoms with E-state index in [0.29, 0.717) is 5.56 Å². The van der Waals surface area contributed by atoms with Crippen LogP contribution in [-0.4, -0.2) is 35.8 Å². The second kappa shape index (κ2) is 7.59. The number of hydrazone groups is 1. The van der Waals surface area contributed by atoms with Crippen LogP contribution in [-0.2, 0) is 18.9 Å². The van der Waals surface area contributed by atoms with Gasteiger partial charge in [-0.2, -0.15) is 5.10 Å². The molecule has 2 heterocycles. The van der Waals surface area contributed by atoms with Gasteiger partial charge < -0.3 is 5.11 Å². The van der Waals surface area contributed by atoms with Gasteiger partial charge in [-0.25, -0.2) is 5.01 Å². The van der Waals surface area contributed by atoms with Crippen LogP contribution in [0.15, 0.2) is 34.2 Å². The lowest BCUT2D eigenvalue weighted by Crippen LogP contribution is -2.28. The van der Waals surface area contributed by atoms with Crippen LogP contribution < -0.4 is 5.56 Å². The predicted octanol–water partition coefficient (Wildman–Crippen LogP) is 2.15. The Labute approximate surface area is 170 Å². The smallest absolute Gasteiger partial charge is 0.269 e. The summed E-state index contributed by atoms with van der Waals surface area (Å²) in [5, 5.41) is 27.0. The number of benzene rings is 1. The Morgan fingerprint density at radius 3 is 2.48 bits per heavy atom. The summed E-state index contributed by atoms with van der Waals surface area (Å²) in [7, 11) is 3.02. The third-order valence-electron chi connectivity index (χ3n) is 4.88. The van der Waals surface area contributed by atoms with Gasteiger partial charge in [0.05, 0.1) is 16.7 Å². The topological polar surface area (TPSA) is 123 Å². The molecule has 1 aromatic carbocycles. The first-order chi connectivity index (χ1) is 13.7. The van der Waals surface area contributed by atoms with E-state index in [2.05, 4.69) is 5.10 Å². The number of carbonyl (C=O) groups is 1. The van der Waals surface area contributed by atoms with E-state index in [1.165, 1.54) is 40.4 Å². The molecule has 0 fully saturated rings. The molecule has 1 aliphatic rings. The summed E-state index contributed by atoms with van der Waals surface area (Å²) < 4.78 is 2.65. The Balaban J connectivity index is 2.10. The molecule has 1 atom stereocenters. The predicted molar refractivity (Wildman–Crippen MR) is 107 cm³/mol. The van der Waals surface area contributed by atoms with Gasteiger partial charge in [0, 0.05) is 39.1 Å². The van der Waals surface area contributed by atoms with Crippen LogP contribution in [0.2, 0.25) is 0 Å². The minimum Gasteiger partial charge on any atom is -0.494 e. The fraction of sp³-hybridized carbons (Fsp3) is 0.333. The number of nitro groups is 1. The third kappa shape index (κ3) is 3.44. The standard InChI is InChI=1S/C18H19N5O5S/c1-4-14(24)22-13(10-5-7-11(8-6-10)23(27)28)9-12(19-22)15-16(25)20(2)18(29)21(3)17(15)26/h5-8,13,25H,4,9H2,1-3H3. The molecule has 0 bridgehead atoms. The zero-order valence-corrected chi connectivity index (χ0v) is 16.8. The molecule has 0 spiro atoms. The van der Waals surface area contributed by atoms with Crippen LogP contribution in [0.4, 0.5) is 5.69 Å². The second-order valence-corrected chi connectivity index (χ2v) is 6.98. The van der Waals surface area contributed by atoms with E-state index in [0.717, 1.165) is 0 Å². The molecule has 1 aliphatic heterocycles. The van der Waals surface area contributed by atoms with Gasteiger partial charge >= 0.3 is 0 Å². The van der Waals surface area contributed by atoms with E-state index >= 15 is 0 Å². The van der Waals surface area contributed by atoms with Crippen LogP contribution >= 0.6 is 12.2 Å². The summed E-state index contributed by atoms with van der Waals surface area (Å²) in [6.45, 7) is 1.69. The van der Waals surface area contributed by atoms with E-state index in [4.69, 9.17) is 12.2 Å². The first-order valence-corrected chi connectivity index (χ1v) is 9.21. The molecule has 1 amide bonds.